The van der Waals surface area contributed by atoms with Gasteiger partial charge in [-0.05, 0) is 74.1 Å². The Kier molecular flexibility index (Phi) is 38.5. The van der Waals surface area contributed by atoms with Crippen molar-refractivity contribution in [1.82, 2.24) is 10.6 Å². The van der Waals surface area contributed by atoms with E-state index < -0.39 is 163 Å². The average Bonchev–Trinajstić information content (AvgIpc) is 0.668. The monoisotopic (exact) mass is 1660 g/mol. The summed E-state index contributed by atoms with van der Waals surface area (Å²) in [6, 6.07) is 22.4. The molecule has 4 aliphatic rings. The lowest BCUT2D eigenvalue weighted by Gasteiger charge is -2.67. The third kappa shape index (κ3) is 28.5. The molecule has 13 atom stereocenters. The molecule has 4 N–H and O–H groups in total. The molecule has 3 fully saturated rings. The van der Waals surface area contributed by atoms with Crippen LogP contribution in [-0.2, 0) is 89.9 Å². The normalized spacial score (nSPS) is 23.2. The lowest BCUT2D eigenvalue weighted by molar-refractivity contribution is -0.870. The Hall–Kier alpha value is -7.75. The first-order valence-corrected chi connectivity index (χ1v) is 43.9. The molecule has 2 bridgehead atoms. The molecule has 0 spiro atoms. The summed E-state index contributed by atoms with van der Waals surface area (Å²) in [4.78, 5) is 153. The van der Waals surface area contributed by atoms with Gasteiger partial charge in [0.2, 0.25) is 12.0 Å². The summed E-state index contributed by atoms with van der Waals surface area (Å²) in [5.41, 5.74) is -7.87. The molecule has 2 saturated carbocycles. The van der Waals surface area contributed by atoms with Crippen molar-refractivity contribution < 1.29 is 119 Å². The number of aliphatic hydroxyl groups excluding tert-OH is 1. The minimum absolute atomic E-state index is 0.0166. The number of Topliss-reactive ketones (excluding diaryl/α,β-unsaturated/α-hetero) is 1. The van der Waals surface area contributed by atoms with Gasteiger partial charge in [-0.25, -0.2) is 9.59 Å². The van der Waals surface area contributed by atoms with Crippen LogP contribution in [0.4, 0.5) is 0 Å². The minimum atomic E-state index is -4.75. The van der Waals surface area contributed by atoms with E-state index in [1.807, 2.05) is 21.1 Å². The van der Waals surface area contributed by atoms with Gasteiger partial charge in [0.05, 0.1) is 63.8 Å². The van der Waals surface area contributed by atoms with Crippen LogP contribution in [0.3, 0.4) is 0 Å². The maximum atomic E-state index is 16.0. The van der Waals surface area contributed by atoms with E-state index in [9.17, 15) is 58.0 Å². The Morgan fingerprint density at radius 1 is 0.632 bits per heavy atom. The predicted molar refractivity (Wildman–Crippen MR) is 433 cm³/mol. The van der Waals surface area contributed by atoms with Crippen LogP contribution in [0.1, 0.15) is 273 Å². The first-order chi connectivity index (χ1) is 55.7. The number of amides is 2. The molecular formula is C89H130N3O24P. The number of unbranched alkanes of at least 4 members (excludes halogenated alkanes) is 22. The molecule has 0 radical (unpaired) electrons. The maximum Gasteiger partial charge on any atom is 0.350 e. The molecule has 1 heterocycles. The van der Waals surface area contributed by atoms with Crippen molar-refractivity contribution in [1.29, 1.82) is 0 Å². The van der Waals surface area contributed by atoms with E-state index in [1.54, 1.807) is 66.7 Å². The largest absolute Gasteiger partial charge is 0.756 e. The highest BCUT2D eigenvalue weighted by Crippen LogP contribution is 2.65. The third-order valence-corrected chi connectivity index (χ3v) is 24.3. The zero-order valence-corrected chi connectivity index (χ0v) is 71.5. The summed E-state index contributed by atoms with van der Waals surface area (Å²) in [5, 5.41) is 32.2. The number of nitrogens with zero attached hydrogens (tertiary/aromatic N) is 1. The number of benzene rings is 3. The molecule has 650 valence electrons. The number of carbonyl (C=O) groups excluding carboxylic acids is 10. The minimum Gasteiger partial charge on any atom is -0.756 e. The van der Waals surface area contributed by atoms with Gasteiger partial charge in [0.25, 0.3) is 13.7 Å². The number of ketones is 1. The Morgan fingerprint density at radius 3 is 1.68 bits per heavy atom. The van der Waals surface area contributed by atoms with E-state index in [-0.39, 0.29) is 73.3 Å². The fraction of sp³-hybridized carbons (Fsp3) is 0.663. The molecule has 2 unspecified atom stereocenters. The second-order valence-electron chi connectivity index (χ2n) is 33.7. The van der Waals surface area contributed by atoms with Crippen molar-refractivity contribution in [2.45, 2.75) is 301 Å². The van der Waals surface area contributed by atoms with E-state index in [4.69, 9.17) is 46.9 Å². The number of hydrogen-bond acceptors (Lipinski definition) is 24. The van der Waals surface area contributed by atoms with Crippen LogP contribution in [0.2, 0.25) is 0 Å². The van der Waals surface area contributed by atoms with Gasteiger partial charge in [-0.2, -0.15) is 0 Å². The molecular weight excluding hydrogens is 1530 g/mol. The number of phosphoric ester groups is 1. The van der Waals surface area contributed by atoms with E-state index in [0.717, 1.165) is 84.5 Å². The number of hydrogen-bond donors (Lipinski definition) is 4. The van der Waals surface area contributed by atoms with E-state index >= 15 is 9.59 Å². The number of fused-ring (bicyclic) bond motifs is 5. The molecule has 3 aromatic carbocycles. The first-order valence-electron chi connectivity index (χ1n) is 42.4. The number of nitrogens with one attached hydrogen (secondary N) is 2. The molecule has 2 amide bonds. The van der Waals surface area contributed by atoms with Gasteiger partial charge in [-0.15, -0.1) is 0 Å². The molecule has 3 aromatic rings. The number of phosphoric acid groups is 1. The molecule has 117 heavy (non-hydrogen) atoms. The number of ether oxygens (including phenoxy) is 8. The predicted octanol–water partition coefficient (Wildman–Crippen LogP) is 13.0. The molecule has 1 saturated heterocycles. The van der Waals surface area contributed by atoms with Gasteiger partial charge in [0, 0.05) is 63.5 Å². The Balaban J connectivity index is 0.921. The second-order valence-corrected chi connectivity index (χ2v) is 35.1. The number of esters is 7. The summed E-state index contributed by atoms with van der Waals surface area (Å²) in [5.74, 6) is -9.84. The Labute approximate surface area is 690 Å². The lowest BCUT2D eigenvalue weighted by Crippen LogP contribution is -2.82. The van der Waals surface area contributed by atoms with Gasteiger partial charge in [0.1, 0.15) is 49.7 Å². The van der Waals surface area contributed by atoms with E-state index in [0.29, 0.717) is 36.8 Å². The molecule has 0 aromatic heterocycles. The zero-order chi connectivity index (χ0) is 85.4. The molecule has 3 aliphatic carbocycles. The van der Waals surface area contributed by atoms with Gasteiger partial charge in [-0.3, -0.25) is 42.9 Å². The summed E-state index contributed by atoms with van der Waals surface area (Å²) < 4.78 is 71.5. The van der Waals surface area contributed by atoms with Crippen molar-refractivity contribution in [3.8, 4) is 0 Å². The van der Waals surface area contributed by atoms with E-state index in [1.165, 1.54) is 116 Å². The Morgan fingerprint density at radius 2 is 1.15 bits per heavy atom. The molecule has 27 nitrogen and oxygen atoms in total. The van der Waals surface area contributed by atoms with Gasteiger partial charge < -0.3 is 77.2 Å². The van der Waals surface area contributed by atoms with E-state index in [2.05, 4.69) is 17.6 Å². The van der Waals surface area contributed by atoms with Crippen LogP contribution in [0.15, 0.2) is 102 Å². The SMILES string of the molecule is CCCCCCCCCCCCCCCCC(=O)OC[C@H](COP(=O)([O-])OCC[N+](C)(C)C)OC(=O)CCCCCCCCCCCCNC(=O)CCC(=O)O[C@@H](C(=O)O[C@H]1C[C@@]2(O)[C@@H](OC(=O)c3ccccc3)C3[C@](C)(C(=O)[C@H](OC(C)=O)C(=C1C)C2(C)C)[C@@H](O)C[C@H]1OC[C@@]31OC(C)=O)[C@@H](NC(=O)c1ccccc1)c1ccccc1. The van der Waals surface area contributed by atoms with Crippen molar-refractivity contribution in [2.24, 2.45) is 16.7 Å². The van der Waals surface area contributed by atoms with Crippen LogP contribution in [0, 0.1) is 16.7 Å². The summed E-state index contributed by atoms with van der Waals surface area (Å²) in [6.45, 7) is 9.69. The first kappa shape index (κ1) is 96.4. The fourth-order valence-corrected chi connectivity index (χ4v) is 17.3. The van der Waals surface area contributed by atoms with Gasteiger partial charge in [-0.1, -0.05) is 222 Å². The van der Waals surface area contributed by atoms with Crippen molar-refractivity contribution >= 4 is 67.2 Å². The summed E-state index contributed by atoms with van der Waals surface area (Å²) in [7, 11) is 0.923. The van der Waals surface area contributed by atoms with Crippen LogP contribution in [0.25, 0.3) is 0 Å². The standard InChI is InChI=1S/C89H130N3O24P/c1-11-12-13-14-15-16-17-18-19-20-23-26-29-41-50-73(97)107-59-68(60-110-117(105,106)109-56-55-92(8,9)10)112-74(98)51-42-30-27-24-21-22-25-28-31-43-54-90-72(96)52-53-75(99)114-79(77(65-44-35-32-36-45-65)91-83(101)66-46-37-33-38-47-66)85(103)113-69-58-89(104)82(115-84(102)67-48-39-34-40-49-67)80-87(7,70(95)57-71-88(80,61-108-71)116-64(4)94)81(100)78(111-63(3)93)76(62(69)2)86(89,5)6/h32-40,44-49,68-71,77-80,82,95,104H,11-31,41-43,50-61H2,1-10H3,(H2-,90,91,96,101,105,106)/t68-,69+,70+,71-,77+,78-,79-,80?,82+,87-,88+,89-/m1/s1. The smallest absolute Gasteiger partial charge is 0.350 e. The third-order valence-electron chi connectivity index (χ3n) is 23.3. The lowest BCUT2D eigenvalue weighted by atomic mass is 9.44. The fourth-order valence-electron chi connectivity index (χ4n) is 16.5. The van der Waals surface area contributed by atoms with Crippen LogP contribution >= 0.6 is 7.82 Å². The number of likely N-dealkylation sites (N-methyl/N-ethyl adjacent to an activating group) is 1. The van der Waals surface area contributed by atoms with Crippen molar-refractivity contribution in [3.05, 3.63) is 119 Å². The highest BCUT2D eigenvalue weighted by atomic mass is 31.2. The van der Waals surface area contributed by atoms with Gasteiger partial charge >= 0.3 is 41.8 Å². The number of carbonyl (C=O) groups is 10. The van der Waals surface area contributed by atoms with Crippen LogP contribution < -0.4 is 15.5 Å². The zero-order valence-electron chi connectivity index (χ0n) is 70.6. The second kappa shape index (κ2) is 46.7. The highest BCUT2D eigenvalue weighted by molar-refractivity contribution is 7.45. The van der Waals surface area contributed by atoms with Crippen LogP contribution in [0.5, 0.6) is 0 Å². The van der Waals surface area contributed by atoms with Crippen molar-refractivity contribution in [2.75, 3.05) is 60.7 Å². The van der Waals surface area contributed by atoms with Crippen LogP contribution in [-0.4, -0.2) is 189 Å². The molecule has 1 aliphatic heterocycles. The summed E-state index contributed by atoms with van der Waals surface area (Å²) in [6.07, 6.45) is 11.9. The average molecular weight is 1660 g/mol. The molecule has 28 heteroatoms. The Bertz CT molecular complexity index is 3800. The quantitative estimate of drug-likeness (QED) is 0.0102. The summed E-state index contributed by atoms with van der Waals surface area (Å²) >= 11 is 0. The number of quaternary nitrogens is 1. The van der Waals surface area contributed by atoms with Crippen molar-refractivity contribution in [3.63, 3.8) is 0 Å². The van der Waals surface area contributed by atoms with Gasteiger partial charge in [0.15, 0.2) is 23.6 Å². The number of aliphatic hydroxyl groups is 2. The molecule has 7 rings (SSSR count). The maximum absolute atomic E-state index is 16.0. The topological polar surface area (TPSA) is 368 Å². The highest BCUT2D eigenvalue weighted by Gasteiger charge is 2.78. The number of rotatable bonds is 52.